The number of rotatable bonds is 3. The Morgan fingerprint density at radius 2 is 1.78 bits per heavy atom. The number of aromatic nitrogens is 2. The number of amides is 2. The molecule has 6 heteroatoms. The molecule has 2 aliphatic heterocycles. The fourth-order valence-corrected chi connectivity index (χ4v) is 3.54. The fourth-order valence-electron chi connectivity index (χ4n) is 3.54. The van der Waals surface area contributed by atoms with Crippen molar-refractivity contribution in [3.8, 4) is 0 Å². The summed E-state index contributed by atoms with van der Waals surface area (Å²) in [6.45, 7) is 3.48. The summed E-state index contributed by atoms with van der Waals surface area (Å²) in [5.74, 6) is 0.900. The molecule has 6 nitrogen and oxygen atoms in total. The van der Waals surface area contributed by atoms with Gasteiger partial charge in [-0.3, -0.25) is 14.3 Å². The van der Waals surface area contributed by atoms with Gasteiger partial charge in [0.05, 0.1) is 0 Å². The maximum absolute atomic E-state index is 12.6. The number of carbonyl (C=O) groups is 2. The lowest BCUT2D eigenvalue weighted by Gasteiger charge is -2.34. The Morgan fingerprint density at radius 3 is 2.48 bits per heavy atom. The number of aryl methyl sites for hydroxylation is 2. The molecule has 0 radical (unpaired) electrons. The summed E-state index contributed by atoms with van der Waals surface area (Å²) in [6, 6.07) is 1.95. The van der Waals surface area contributed by atoms with Crippen LogP contribution in [0.4, 0.5) is 0 Å². The second-order valence-electron chi connectivity index (χ2n) is 7.02. The Bertz CT molecular complexity index is 589. The Hall–Kier alpha value is -1.85. The van der Waals surface area contributed by atoms with Crippen molar-refractivity contribution in [3.63, 3.8) is 0 Å². The van der Waals surface area contributed by atoms with Crippen LogP contribution in [-0.2, 0) is 17.8 Å². The zero-order chi connectivity index (χ0) is 15.8. The number of hydrogen-bond donors (Lipinski definition) is 0. The minimum absolute atomic E-state index is 0.0150. The van der Waals surface area contributed by atoms with E-state index in [0.717, 1.165) is 19.4 Å². The molecule has 0 unspecified atom stereocenters. The van der Waals surface area contributed by atoms with Crippen molar-refractivity contribution in [1.29, 1.82) is 0 Å². The van der Waals surface area contributed by atoms with E-state index in [1.807, 2.05) is 20.5 Å². The molecule has 3 aliphatic rings. The van der Waals surface area contributed by atoms with Gasteiger partial charge in [0.15, 0.2) is 5.69 Å². The largest absolute Gasteiger partial charge is 0.339 e. The normalized spacial score (nSPS) is 21.2. The van der Waals surface area contributed by atoms with Gasteiger partial charge >= 0.3 is 0 Å². The summed E-state index contributed by atoms with van der Waals surface area (Å²) in [5.41, 5.74) is 1.75. The molecule has 124 valence electrons. The lowest BCUT2D eigenvalue weighted by Crippen LogP contribution is -2.50. The molecule has 4 rings (SSSR count). The van der Waals surface area contributed by atoms with Crippen LogP contribution in [0.25, 0.3) is 0 Å². The molecule has 0 bridgehead atoms. The summed E-state index contributed by atoms with van der Waals surface area (Å²) >= 11 is 0. The molecule has 23 heavy (non-hydrogen) atoms. The standard InChI is InChI=1S/C17H24N4O2/c22-16(11-13-4-5-13)19-7-9-20(10-8-19)17(23)15-12-14-3-1-2-6-21(14)18-15/h12-13H,1-11H2. The van der Waals surface area contributed by atoms with Gasteiger partial charge in [0, 0.05) is 44.8 Å². The van der Waals surface area contributed by atoms with Gasteiger partial charge in [-0.25, -0.2) is 0 Å². The van der Waals surface area contributed by atoms with Crippen LogP contribution in [0.2, 0.25) is 0 Å². The van der Waals surface area contributed by atoms with Crippen molar-refractivity contribution in [2.24, 2.45) is 5.92 Å². The number of fused-ring (bicyclic) bond motifs is 1. The van der Waals surface area contributed by atoms with E-state index >= 15 is 0 Å². The summed E-state index contributed by atoms with van der Waals surface area (Å²) in [7, 11) is 0. The van der Waals surface area contributed by atoms with E-state index in [2.05, 4.69) is 5.10 Å². The van der Waals surface area contributed by atoms with Crippen LogP contribution >= 0.6 is 0 Å². The van der Waals surface area contributed by atoms with Gasteiger partial charge in [0.1, 0.15) is 0 Å². The number of piperazine rings is 1. The quantitative estimate of drug-likeness (QED) is 0.845. The molecule has 0 atom stereocenters. The molecule has 0 spiro atoms. The number of nitrogens with zero attached hydrogens (tertiary/aromatic N) is 4. The van der Waals surface area contributed by atoms with Crippen molar-refractivity contribution in [3.05, 3.63) is 17.5 Å². The monoisotopic (exact) mass is 316 g/mol. The topological polar surface area (TPSA) is 58.4 Å². The molecule has 1 saturated carbocycles. The highest BCUT2D eigenvalue weighted by Gasteiger charge is 2.30. The molecule has 0 N–H and O–H groups in total. The predicted octanol–water partition coefficient (Wildman–Crippen LogP) is 1.30. The van der Waals surface area contributed by atoms with Gasteiger partial charge < -0.3 is 9.80 Å². The first-order chi connectivity index (χ1) is 11.2. The molecular formula is C17H24N4O2. The third kappa shape index (κ3) is 3.12. The highest BCUT2D eigenvalue weighted by atomic mass is 16.2. The Labute approximate surface area is 136 Å². The first-order valence-corrected chi connectivity index (χ1v) is 8.84. The molecule has 2 fully saturated rings. The maximum Gasteiger partial charge on any atom is 0.274 e. The summed E-state index contributed by atoms with van der Waals surface area (Å²) in [6.07, 6.45) is 6.45. The minimum atomic E-state index is 0.0150. The van der Waals surface area contributed by atoms with Crippen molar-refractivity contribution >= 4 is 11.8 Å². The van der Waals surface area contributed by atoms with Crippen LogP contribution in [0.15, 0.2) is 6.07 Å². The lowest BCUT2D eigenvalue weighted by atomic mass is 10.1. The van der Waals surface area contributed by atoms with E-state index in [9.17, 15) is 9.59 Å². The molecule has 1 aromatic rings. The molecule has 3 heterocycles. The second-order valence-corrected chi connectivity index (χ2v) is 7.02. The van der Waals surface area contributed by atoms with Gasteiger partial charge in [-0.2, -0.15) is 5.10 Å². The Balaban J connectivity index is 1.35. The first-order valence-electron chi connectivity index (χ1n) is 8.84. The molecule has 1 aliphatic carbocycles. The van der Waals surface area contributed by atoms with Gasteiger partial charge in [-0.05, 0) is 44.1 Å². The Morgan fingerprint density at radius 1 is 1.04 bits per heavy atom. The minimum Gasteiger partial charge on any atom is -0.339 e. The van der Waals surface area contributed by atoms with Crippen LogP contribution in [-0.4, -0.2) is 57.6 Å². The zero-order valence-electron chi connectivity index (χ0n) is 13.5. The predicted molar refractivity (Wildman–Crippen MR) is 85.0 cm³/mol. The second kappa shape index (κ2) is 5.98. The smallest absolute Gasteiger partial charge is 0.274 e. The van der Waals surface area contributed by atoms with Crippen LogP contribution < -0.4 is 0 Å². The Kier molecular flexibility index (Phi) is 3.83. The summed E-state index contributed by atoms with van der Waals surface area (Å²) in [5, 5.41) is 4.47. The van der Waals surface area contributed by atoms with Crippen LogP contribution in [0.1, 0.15) is 48.3 Å². The van der Waals surface area contributed by atoms with E-state index in [4.69, 9.17) is 0 Å². The van der Waals surface area contributed by atoms with Gasteiger partial charge in [0.25, 0.3) is 5.91 Å². The molecule has 1 aromatic heterocycles. The van der Waals surface area contributed by atoms with Gasteiger partial charge in [0.2, 0.25) is 5.91 Å². The molecular weight excluding hydrogens is 292 g/mol. The molecule has 0 aromatic carbocycles. The third-order valence-corrected chi connectivity index (χ3v) is 5.22. The first kappa shape index (κ1) is 14.7. The number of carbonyl (C=O) groups excluding carboxylic acids is 2. The van der Waals surface area contributed by atoms with E-state index in [0.29, 0.717) is 44.2 Å². The average Bonchev–Trinajstić information content (AvgIpc) is 3.29. The third-order valence-electron chi connectivity index (χ3n) is 5.22. The summed E-state index contributed by atoms with van der Waals surface area (Å²) < 4.78 is 1.98. The van der Waals surface area contributed by atoms with Crippen LogP contribution in [0.3, 0.4) is 0 Å². The fraction of sp³-hybridized carbons (Fsp3) is 0.706. The van der Waals surface area contributed by atoms with Crippen molar-refractivity contribution in [1.82, 2.24) is 19.6 Å². The SMILES string of the molecule is O=C(CC1CC1)N1CCN(C(=O)c2cc3n(n2)CCCC3)CC1. The maximum atomic E-state index is 12.6. The number of hydrogen-bond acceptors (Lipinski definition) is 3. The van der Waals surface area contributed by atoms with Crippen molar-refractivity contribution in [2.75, 3.05) is 26.2 Å². The van der Waals surface area contributed by atoms with Gasteiger partial charge in [-0.1, -0.05) is 0 Å². The average molecular weight is 316 g/mol. The van der Waals surface area contributed by atoms with E-state index in [1.165, 1.54) is 25.0 Å². The lowest BCUT2D eigenvalue weighted by molar-refractivity contribution is -0.133. The van der Waals surface area contributed by atoms with E-state index < -0.39 is 0 Å². The summed E-state index contributed by atoms with van der Waals surface area (Å²) in [4.78, 5) is 28.5. The van der Waals surface area contributed by atoms with Gasteiger partial charge in [-0.15, -0.1) is 0 Å². The zero-order valence-corrected chi connectivity index (χ0v) is 13.5. The highest BCUT2D eigenvalue weighted by molar-refractivity contribution is 5.92. The molecule has 1 saturated heterocycles. The van der Waals surface area contributed by atoms with E-state index in [-0.39, 0.29) is 11.8 Å². The van der Waals surface area contributed by atoms with Crippen molar-refractivity contribution in [2.45, 2.75) is 45.1 Å². The van der Waals surface area contributed by atoms with Crippen LogP contribution in [0.5, 0.6) is 0 Å². The van der Waals surface area contributed by atoms with E-state index in [1.54, 1.807) is 0 Å². The molecule has 2 amide bonds. The highest BCUT2D eigenvalue weighted by Crippen LogP contribution is 2.33. The van der Waals surface area contributed by atoms with Crippen LogP contribution in [0, 0.1) is 5.92 Å². The van der Waals surface area contributed by atoms with Crippen molar-refractivity contribution < 1.29 is 9.59 Å².